The van der Waals surface area contributed by atoms with Crippen molar-refractivity contribution in [2.75, 3.05) is 0 Å². The highest BCUT2D eigenvalue weighted by molar-refractivity contribution is 7.34. The van der Waals surface area contributed by atoms with E-state index in [1.54, 1.807) is 6.07 Å². The molecule has 0 heterocycles. The van der Waals surface area contributed by atoms with Crippen LogP contribution in [0.25, 0.3) is 0 Å². The standard InChI is InChI=1S/C14H17O3P/c15-11-7-10-8-5-3-1-2-4-6-9(8)12(13(10)16)14(11)18-17/h7-9,15-16H,1-6H2. The SMILES string of the molecule is O=Pc1c(O)cc2c(O)c1C1CCCCCCC21. The molecule has 0 amide bonds. The van der Waals surface area contributed by atoms with Crippen LogP contribution in [0.2, 0.25) is 0 Å². The molecule has 4 heteroatoms. The van der Waals surface area contributed by atoms with Gasteiger partial charge in [0.05, 0.1) is 5.30 Å². The molecule has 1 fully saturated rings. The van der Waals surface area contributed by atoms with E-state index in [9.17, 15) is 14.8 Å². The highest BCUT2D eigenvalue weighted by atomic mass is 31.1. The van der Waals surface area contributed by atoms with E-state index in [0.717, 1.165) is 30.4 Å². The summed E-state index contributed by atoms with van der Waals surface area (Å²) < 4.78 is 11.2. The number of hydrogen-bond donors (Lipinski definition) is 2. The Morgan fingerprint density at radius 1 is 1.06 bits per heavy atom. The van der Waals surface area contributed by atoms with Gasteiger partial charge in [0.25, 0.3) is 0 Å². The first-order chi connectivity index (χ1) is 8.74. The first kappa shape index (κ1) is 12.0. The fraction of sp³-hybridized carbons (Fsp3) is 0.571. The predicted molar refractivity (Wildman–Crippen MR) is 70.2 cm³/mol. The van der Waals surface area contributed by atoms with Crippen LogP contribution >= 0.6 is 8.46 Å². The molecule has 96 valence electrons. The van der Waals surface area contributed by atoms with E-state index in [2.05, 4.69) is 0 Å². The van der Waals surface area contributed by atoms with Gasteiger partial charge >= 0.3 is 0 Å². The quantitative estimate of drug-likeness (QED) is 0.602. The number of hydrogen-bond acceptors (Lipinski definition) is 3. The minimum atomic E-state index is -0.197. The van der Waals surface area contributed by atoms with Gasteiger partial charge in [-0.3, -0.25) is 4.57 Å². The zero-order valence-electron chi connectivity index (χ0n) is 10.2. The van der Waals surface area contributed by atoms with Crippen molar-refractivity contribution in [3.63, 3.8) is 0 Å². The molecule has 0 saturated heterocycles. The lowest BCUT2D eigenvalue weighted by molar-refractivity contribution is 0.419. The maximum atomic E-state index is 11.2. The van der Waals surface area contributed by atoms with Crippen LogP contribution in [0.4, 0.5) is 0 Å². The molecule has 2 N–H and O–H groups in total. The second-order valence-electron chi connectivity index (χ2n) is 5.39. The summed E-state index contributed by atoms with van der Waals surface area (Å²) in [4.78, 5) is 0. The molecule has 2 aliphatic carbocycles. The molecule has 2 aliphatic rings. The molecular formula is C14H17O3P. The lowest BCUT2D eigenvalue weighted by Gasteiger charge is -2.23. The third-order valence-corrected chi connectivity index (χ3v) is 5.10. The number of benzene rings is 1. The minimum Gasteiger partial charge on any atom is -0.507 e. The van der Waals surface area contributed by atoms with Gasteiger partial charge < -0.3 is 10.2 Å². The van der Waals surface area contributed by atoms with Crippen molar-refractivity contribution in [2.24, 2.45) is 0 Å². The fourth-order valence-electron chi connectivity index (χ4n) is 3.62. The third-order valence-electron chi connectivity index (χ3n) is 4.45. The van der Waals surface area contributed by atoms with E-state index in [1.165, 1.54) is 19.3 Å². The zero-order chi connectivity index (χ0) is 12.7. The Labute approximate surface area is 108 Å². The summed E-state index contributed by atoms with van der Waals surface area (Å²) in [5, 5.41) is 20.6. The van der Waals surface area contributed by atoms with Gasteiger partial charge in [0.15, 0.2) is 8.46 Å². The van der Waals surface area contributed by atoms with E-state index in [1.807, 2.05) is 0 Å². The Balaban J connectivity index is 2.12. The van der Waals surface area contributed by atoms with Gasteiger partial charge in [0.2, 0.25) is 0 Å². The van der Waals surface area contributed by atoms with E-state index in [-0.39, 0.29) is 25.9 Å². The number of phenols is 2. The molecule has 18 heavy (non-hydrogen) atoms. The smallest absolute Gasteiger partial charge is 0.196 e. The second kappa shape index (κ2) is 4.55. The van der Waals surface area contributed by atoms with Gasteiger partial charge in [0.1, 0.15) is 11.5 Å². The van der Waals surface area contributed by atoms with Crippen LogP contribution in [-0.2, 0) is 4.57 Å². The first-order valence-corrected chi connectivity index (χ1v) is 7.47. The molecule has 3 rings (SSSR count). The van der Waals surface area contributed by atoms with Crippen LogP contribution in [0, 0.1) is 0 Å². The van der Waals surface area contributed by atoms with Crippen LogP contribution in [0.3, 0.4) is 0 Å². The van der Waals surface area contributed by atoms with E-state index >= 15 is 0 Å². The highest BCUT2D eigenvalue weighted by Gasteiger charge is 2.39. The van der Waals surface area contributed by atoms with Crippen molar-refractivity contribution < 1.29 is 14.8 Å². The summed E-state index contributed by atoms with van der Waals surface area (Å²) >= 11 is 0. The van der Waals surface area contributed by atoms with Crippen molar-refractivity contribution >= 4 is 13.8 Å². The van der Waals surface area contributed by atoms with Crippen molar-refractivity contribution in [1.82, 2.24) is 0 Å². The summed E-state index contributed by atoms with van der Waals surface area (Å²) in [6, 6.07) is 1.62. The van der Waals surface area contributed by atoms with Crippen LogP contribution in [0.1, 0.15) is 61.5 Å². The Morgan fingerprint density at radius 3 is 2.39 bits per heavy atom. The fourth-order valence-corrected chi connectivity index (χ4v) is 4.15. The molecule has 2 unspecified atom stereocenters. The largest absolute Gasteiger partial charge is 0.507 e. The number of aromatic hydroxyl groups is 2. The molecule has 2 atom stereocenters. The van der Waals surface area contributed by atoms with E-state index < -0.39 is 0 Å². The summed E-state index contributed by atoms with van der Waals surface area (Å²) in [5.74, 6) is 0.906. The van der Waals surface area contributed by atoms with Crippen molar-refractivity contribution in [3.8, 4) is 11.5 Å². The number of phenolic OH excluding ortho intramolecular Hbond substituents is 2. The summed E-state index contributed by atoms with van der Waals surface area (Å²) in [6.45, 7) is 0. The van der Waals surface area contributed by atoms with Gasteiger partial charge in [-0.25, -0.2) is 0 Å². The van der Waals surface area contributed by atoms with Gasteiger partial charge in [-0.15, -0.1) is 0 Å². The topological polar surface area (TPSA) is 57.5 Å². The number of rotatable bonds is 1. The molecule has 1 saturated carbocycles. The Hall–Kier alpha value is -1.08. The minimum absolute atomic E-state index is 0.0706. The van der Waals surface area contributed by atoms with Crippen molar-refractivity contribution in [1.29, 1.82) is 0 Å². The lowest BCUT2D eigenvalue weighted by atomic mass is 9.81. The molecule has 0 aromatic heterocycles. The Kier molecular flexibility index (Phi) is 3.03. The van der Waals surface area contributed by atoms with Gasteiger partial charge in [-0.05, 0) is 30.7 Å². The molecule has 3 nitrogen and oxygen atoms in total. The van der Waals surface area contributed by atoms with Crippen molar-refractivity contribution in [3.05, 3.63) is 17.2 Å². The first-order valence-electron chi connectivity index (χ1n) is 6.66. The molecule has 1 aromatic carbocycles. The van der Waals surface area contributed by atoms with Gasteiger partial charge in [0, 0.05) is 11.1 Å². The molecule has 1 aromatic rings. The molecule has 0 spiro atoms. The molecule has 0 radical (unpaired) electrons. The van der Waals surface area contributed by atoms with Crippen LogP contribution in [0.15, 0.2) is 6.07 Å². The molecule has 0 aliphatic heterocycles. The molecular weight excluding hydrogens is 247 g/mol. The Bertz CT molecular complexity index is 498. The maximum absolute atomic E-state index is 11.2. The monoisotopic (exact) mass is 264 g/mol. The normalized spacial score (nSPS) is 26.7. The average Bonchev–Trinajstić information content (AvgIpc) is 2.50. The Morgan fingerprint density at radius 2 is 1.72 bits per heavy atom. The summed E-state index contributed by atoms with van der Waals surface area (Å²) in [5.41, 5.74) is 1.61. The second-order valence-corrected chi connectivity index (χ2v) is 6.02. The summed E-state index contributed by atoms with van der Waals surface area (Å²) in [7, 11) is -0.197. The van der Waals surface area contributed by atoms with Crippen LogP contribution in [0.5, 0.6) is 11.5 Å². The van der Waals surface area contributed by atoms with Crippen molar-refractivity contribution in [2.45, 2.75) is 50.4 Å². The highest BCUT2D eigenvalue weighted by Crippen LogP contribution is 2.55. The van der Waals surface area contributed by atoms with Gasteiger partial charge in [-0.1, -0.05) is 25.7 Å². The van der Waals surface area contributed by atoms with Crippen LogP contribution < -0.4 is 5.30 Å². The average molecular weight is 264 g/mol. The zero-order valence-corrected chi connectivity index (χ0v) is 11.1. The maximum Gasteiger partial charge on any atom is 0.196 e. The summed E-state index contributed by atoms with van der Waals surface area (Å²) in [6.07, 6.45) is 6.88. The number of fused-ring (bicyclic) bond motifs is 5. The third kappa shape index (κ3) is 1.65. The van der Waals surface area contributed by atoms with E-state index in [0.29, 0.717) is 11.2 Å². The predicted octanol–water partition coefficient (Wildman–Crippen LogP) is 3.55. The molecule has 2 bridgehead atoms. The van der Waals surface area contributed by atoms with Gasteiger partial charge in [-0.2, -0.15) is 0 Å². The van der Waals surface area contributed by atoms with Crippen LogP contribution in [-0.4, -0.2) is 10.2 Å². The van der Waals surface area contributed by atoms with E-state index in [4.69, 9.17) is 0 Å². The lowest BCUT2D eigenvalue weighted by Crippen LogP contribution is -2.11.